The topological polar surface area (TPSA) is 46.1 Å². The number of hydrogen-bond donors (Lipinski definition) is 0. The summed E-state index contributed by atoms with van der Waals surface area (Å²) in [5, 5.41) is 10.1. The second kappa shape index (κ2) is 4.81. The van der Waals surface area contributed by atoms with Crippen LogP contribution in [0.1, 0.15) is 6.92 Å². The third-order valence-corrected chi connectivity index (χ3v) is 3.57. The lowest BCUT2D eigenvalue weighted by molar-refractivity contribution is -0.116. The Morgan fingerprint density at radius 1 is 1.29 bits per heavy atom. The lowest BCUT2D eigenvalue weighted by Gasteiger charge is -2.08. The standard InChI is InChI=1S/C11H10ClN3OS/c1-7(16)15(2)11-14-13-10(17-11)8-3-5-9(12)6-4-8/h3-6H,1-2H3. The van der Waals surface area contributed by atoms with Crippen LogP contribution >= 0.6 is 22.9 Å². The van der Waals surface area contributed by atoms with Crippen LogP contribution in [-0.4, -0.2) is 23.2 Å². The van der Waals surface area contributed by atoms with Crippen molar-refractivity contribution in [2.24, 2.45) is 0 Å². The van der Waals surface area contributed by atoms with Gasteiger partial charge in [-0.3, -0.25) is 9.69 Å². The maximum atomic E-state index is 11.2. The molecule has 0 fully saturated rings. The fourth-order valence-electron chi connectivity index (χ4n) is 1.19. The van der Waals surface area contributed by atoms with Crippen molar-refractivity contribution in [2.75, 3.05) is 11.9 Å². The zero-order chi connectivity index (χ0) is 12.4. The van der Waals surface area contributed by atoms with Crippen molar-refractivity contribution < 1.29 is 4.79 Å². The Hall–Kier alpha value is -1.46. The Morgan fingerprint density at radius 2 is 1.94 bits per heavy atom. The first-order chi connectivity index (χ1) is 8.08. The van der Waals surface area contributed by atoms with Crippen LogP contribution in [0.15, 0.2) is 24.3 Å². The Balaban J connectivity index is 2.29. The zero-order valence-electron chi connectivity index (χ0n) is 9.35. The SMILES string of the molecule is CC(=O)N(C)c1nnc(-c2ccc(Cl)cc2)s1. The van der Waals surface area contributed by atoms with Crippen LogP contribution in [0.5, 0.6) is 0 Å². The molecule has 2 aromatic rings. The molecule has 1 aromatic heterocycles. The predicted molar refractivity (Wildman–Crippen MR) is 69.4 cm³/mol. The monoisotopic (exact) mass is 267 g/mol. The van der Waals surface area contributed by atoms with Crippen LogP contribution in [-0.2, 0) is 4.79 Å². The molecule has 0 aliphatic heterocycles. The van der Waals surface area contributed by atoms with Crippen LogP contribution in [0.3, 0.4) is 0 Å². The highest BCUT2D eigenvalue weighted by atomic mass is 35.5. The van der Waals surface area contributed by atoms with E-state index in [1.807, 2.05) is 12.1 Å². The third kappa shape index (κ3) is 2.62. The Bertz CT molecular complexity index is 538. The number of carbonyl (C=O) groups is 1. The van der Waals surface area contributed by atoms with Crippen molar-refractivity contribution >= 4 is 34.0 Å². The van der Waals surface area contributed by atoms with Gasteiger partial charge in [0, 0.05) is 24.6 Å². The van der Waals surface area contributed by atoms with E-state index in [4.69, 9.17) is 11.6 Å². The highest BCUT2D eigenvalue weighted by molar-refractivity contribution is 7.18. The first kappa shape index (κ1) is 12.0. The van der Waals surface area contributed by atoms with Crippen LogP contribution in [0, 0.1) is 0 Å². The van der Waals surface area contributed by atoms with E-state index < -0.39 is 0 Å². The van der Waals surface area contributed by atoms with E-state index in [9.17, 15) is 4.79 Å². The Labute approximate surface area is 108 Å². The first-order valence-corrected chi connectivity index (χ1v) is 6.11. The summed E-state index contributed by atoms with van der Waals surface area (Å²) in [6.45, 7) is 1.49. The molecule has 0 saturated heterocycles. The largest absolute Gasteiger partial charge is 0.290 e. The van der Waals surface area contributed by atoms with E-state index in [1.54, 1.807) is 19.2 Å². The van der Waals surface area contributed by atoms with E-state index >= 15 is 0 Å². The summed E-state index contributed by atoms with van der Waals surface area (Å²) in [5.74, 6) is -0.0659. The number of halogens is 1. The lowest BCUT2D eigenvalue weighted by atomic mass is 10.2. The van der Waals surface area contributed by atoms with Crippen LogP contribution in [0.2, 0.25) is 5.02 Å². The molecule has 2 rings (SSSR count). The molecule has 0 unspecified atom stereocenters. The van der Waals surface area contributed by atoms with Crippen molar-refractivity contribution in [2.45, 2.75) is 6.92 Å². The van der Waals surface area contributed by atoms with Crippen molar-refractivity contribution in [1.29, 1.82) is 0 Å². The fourth-order valence-corrected chi connectivity index (χ4v) is 2.18. The van der Waals surface area contributed by atoms with Gasteiger partial charge >= 0.3 is 0 Å². The second-order valence-electron chi connectivity index (χ2n) is 3.47. The summed E-state index contributed by atoms with van der Waals surface area (Å²) in [6, 6.07) is 7.35. The quantitative estimate of drug-likeness (QED) is 0.841. The van der Waals surface area contributed by atoms with E-state index in [0.717, 1.165) is 10.6 Å². The van der Waals surface area contributed by atoms with Gasteiger partial charge in [0.15, 0.2) is 0 Å². The summed E-state index contributed by atoms with van der Waals surface area (Å²) in [7, 11) is 1.68. The summed E-state index contributed by atoms with van der Waals surface area (Å²) in [4.78, 5) is 12.7. The maximum absolute atomic E-state index is 11.2. The minimum absolute atomic E-state index is 0.0659. The number of anilines is 1. The van der Waals surface area contributed by atoms with Crippen molar-refractivity contribution in [3.63, 3.8) is 0 Å². The molecule has 6 heteroatoms. The predicted octanol–water partition coefficient (Wildman–Crippen LogP) is 2.84. The molecule has 88 valence electrons. The Kier molecular flexibility index (Phi) is 3.40. The molecule has 0 aliphatic carbocycles. The van der Waals surface area contributed by atoms with E-state index in [1.165, 1.54) is 23.2 Å². The molecule has 0 spiro atoms. The maximum Gasteiger partial charge on any atom is 0.225 e. The molecule has 0 saturated carbocycles. The van der Waals surface area contributed by atoms with Crippen molar-refractivity contribution in [3.8, 4) is 10.6 Å². The number of aromatic nitrogens is 2. The van der Waals surface area contributed by atoms with E-state index in [2.05, 4.69) is 10.2 Å². The van der Waals surface area contributed by atoms with Gasteiger partial charge in [-0.1, -0.05) is 35.1 Å². The summed E-state index contributed by atoms with van der Waals surface area (Å²) >= 11 is 7.18. The minimum Gasteiger partial charge on any atom is -0.290 e. The number of carbonyl (C=O) groups excluding carboxylic acids is 1. The van der Waals surface area contributed by atoms with Crippen LogP contribution in [0.4, 0.5) is 5.13 Å². The van der Waals surface area contributed by atoms with Crippen molar-refractivity contribution in [1.82, 2.24) is 10.2 Å². The molecule has 1 amide bonds. The van der Waals surface area contributed by atoms with Gasteiger partial charge in [-0.2, -0.15) is 0 Å². The molecular weight excluding hydrogens is 258 g/mol. The normalized spacial score (nSPS) is 10.3. The number of benzene rings is 1. The molecule has 17 heavy (non-hydrogen) atoms. The number of hydrogen-bond acceptors (Lipinski definition) is 4. The highest BCUT2D eigenvalue weighted by Crippen LogP contribution is 2.28. The number of amides is 1. The van der Waals surface area contributed by atoms with E-state index in [0.29, 0.717) is 10.2 Å². The number of rotatable bonds is 2. The van der Waals surface area contributed by atoms with Crippen LogP contribution in [0.25, 0.3) is 10.6 Å². The average Bonchev–Trinajstić information content (AvgIpc) is 2.78. The molecule has 1 aromatic carbocycles. The summed E-state index contributed by atoms with van der Waals surface area (Å²) in [5.41, 5.74) is 0.940. The lowest BCUT2D eigenvalue weighted by Crippen LogP contribution is -2.22. The molecule has 0 aliphatic rings. The van der Waals surface area contributed by atoms with Crippen LogP contribution < -0.4 is 4.90 Å². The Morgan fingerprint density at radius 3 is 2.53 bits per heavy atom. The van der Waals surface area contributed by atoms with Gasteiger partial charge in [0.05, 0.1) is 0 Å². The van der Waals surface area contributed by atoms with E-state index in [-0.39, 0.29) is 5.91 Å². The number of nitrogens with zero attached hydrogens (tertiary/aromatic N) is 3. The zero-order valence-corrected chi connectivity index (χ0v) is 10.9. The second-order valence-corrected chi connectivity index (χ2v) is 4.87. The third-order valence-electron chi connectivity index (χ3n) is 2.26. The van der Waals surface area contributed by atoms with Gasteiger partial charge < -0.3 is 0 Å². The average molecular weight is 268 g/mol. The fraction of sp³-hybridized carbons (Fsp3) is 0.182. The first-order valence-electron chi connectivity index (χ1n) is 4.91. The molecule has 0 radical (unpaired) electrons. The smallest absolute Gasteiger partial charge is 0.225 e. The van der Waals surface area contributed by atoms with Gasteiger partial charge in [-0.05, 0) is 12.1 Å². The molecule has 1 heterocycles. The summed E-state index contributed by atoms with van der Waals surface area (Å²) in [6.07, 6.45) is 0. The molecule has 0 bridgehead atoms. The minimum atomic E-state index is -0.0659. The van der Waals surface area contributed by atoms with Gasteiger partial charge in [0.1, 0.15) is 5.01 Å². The van der Waals surface area contributed by atoms with Gasteiger partial charge in [-0.25, -0.2) is 0 Å². The molecular formula is C11H10ClN3OS. The van der Waals surface area contributed by atoms with Crippen molar-refractivity contribution in [3.05, 3.63) is 29.3 Å². The van der Waals surface area contributed by atoms with Gasteiger partial charge in [0.25, 0.3) is 0 Å². The molecule has 0 N–H and O–H groups in total. The van der Waals surface area contributed by atoms with Gasteiger partial charge in [-0.15, -0.1) is 10.2 Å². The highest BCUT2D eigenvalue weighted by Gasteiger charge is 2.12. The summed E-state index contributed by atoms with van der Waals surface area (Å²) < 4.78 is 0. The van der Waals surface area contributed by atoms with Gasteiger partial charge in [0.2, 0.25) is 11.0 Å². The molecule has 0 atom stereocenters. The molecule has 4 nitrogen and oxygen atoms in total.